The quantitative estimate of drug-likeness (QED) is 0.728. The van der Waals surface area contributed by atoms with E-state index in [1.165, 1.54) is 5.56 Å². The first-order chi connectivity index (χ1) is 7.41. The second-order valence-electron chi connectivity index (χ2n) is 4.56. The number of Topliss-reactive ketones (excluding diaryl/α,β-unsaturated/α-hetero) is 1. The van der Waals surface area contributed by atoms with Gasteiger partial charge in [0.1, 0.15) is 6.61 Å². The lowest BCUT2D eigenvalue weighted by Gasteiger charge is -2.11. The molecule has 0 atom stereocenters. The van der Waals surface area contributed by atoms with E-state index in [2.05, 4.69) is 0 Å². The number of rotatable bonds is 4. The van der Waals surface area contributed by atoms with Crippen molar-refractivity contribution in [1.82, 2.24) is 0 Å². The highest BCUT2D eigenvalue weighted by Crippen LogP contribution is 2.17. The van der Waals surface area contributed by atoms with Crippen LogP contribution in [-0.2, 0) is 4.74 Å². The zero-order valence-electron chi connectivity index (χ0n) is 10.8. The lowest BCUT2D eigenvalue weighted by molar-refractivity contribution is 0.0583. The van der Waals surface area contributed by atoms with Crippen LogP contribution in [0.25, 0.3) is 0 Å². The summed E-state index contributed by atoms with van der Waals surface area (Å²) in [6.07, 6.45) is 0.0926. The van der Waals surface area contributed by atoms with Gasteiger partial charge in [-0.3, -0.25) is 4.79 Å². The van der Waals surface area contributed by atoms with Gasteiger partial charge in [0.15, 0.2) is 5.78 Å². The van der Waals surface area contributed by atoms with E-state index in [1.54, 1.807) is 0 Å². The molecule has 0 N–H and O–H groups in total. The molecule has 16 heavy (non-hydrogen) atoms. The van der Waals surface area contributed by atoms with E-state index in [9.17, 15) is 4.79 Å². The molecule has 0 heterocycles. The SMILES string of the molecule is Cc1cc(C)c(C(=O)COC(C)C)c(C)c1. The Balaban J connectivity index is 2.91. The third kappa shape index (κ3) is 3.17. The predicted octanol–water partition coefficient (Wildman–Crippen LogP) is 3.22. The Hall–Kier alpha value is -1.15. The van der Waals surface area contributed by atoms with Gasteiger partial charge in [-0.15, -0.1) is 0 Å². The van der Waals surface area contributed by atoms with E-state index in [0.717, 1.165) is 16.7 Å². The van der Waals surface area contributed by atoms with Gasteiger partial charge in [-0.05, 0) is 45.7 Å². The van der Waals surface area contributed by atoms with E-state index in [0.29, 0.717) is 0 Å². The zero-order chi connectivity index (χ0) is 12.3. The fourth-order valence-electron chi connectivity index (χ4n) is 1.93. The molecule has 2 nitrogen and oxygen atoms in total. The van der Waals surface area contributed by atoms with Gasteiger partial charge in [0.2, 0.25) is 0 Å². The van der Waals surface area contributed by atoms with Crippen LogP contribution in [0.1, 0.15) is 40.9 Å². The largest absolute Gasteiger partial charge is 0.371 e. The van der Waals surface area contributed by atoms with Crippen LogP contribution < -0.4 is 0 Å². The highest BCUT2D eigenvalue weighted by atomic mass is 16.5. The summed E-state index contributed by atoms with van der Waals surface area (Å²) in [6.45, 7) is 10.0. The van der Waals surface area contributed by atoms with Crippen LogP contribution in [0.5, 0.6) is 0 Å². The molecule has 2 heteroatoms. The standard InChI is InChI=1S/C14H20O2/c1-9(2)16-8-13(15)14-11(4)6-10(3)7-12(14)5/h6-7,9H,8H2,1-5H3. The fourth-order valence-corrected chi connectivity index (χ4v) is 1.93. The average molecular weight is 220 g/mol. The minimum absolute atomic E-state index is 0.0729. The van der Waals surface area contributed by atoms with Gasteiger partial charge < -0.3 is 4.74 Å². The monoisotopic (exact) mass is 220 g/mol. The summed E-state index contributed by atoms with van der Waals surface area (Å²) in [6, 6.07) is 4.07. The number of ketones is 1. The molecule has 1 aromatic rings. The number of benzene rings is 1. The van der Waals surface area contributed by atoms with Gasteiger partial charge in [0.05, 0.1) is 6.10 Å². The maximum absolute atomic E-state index is 12.0. The van der Waals surface area contributed by atoms with Crippen molar-refractivity contribution in [3.63, 3.8) is 0 Å². The van der Waals surface area contributed by atoms with Crippen molar-refractivity contribution in [1.29, 1.82) is 0 Å². The van der Waals surface area contributed by atoms with E-state index in [-0.39, 0.29) is 18.5 Å². The molecular formula is C14H20O2. The third-order valence-electron chi connectivity index (χ3n) is 2.50. The first-order valence-corrected chi connectivity index (χ1v) is 5.64. The number of ether oxygens (including phenoxy) is 1. The van der Waals surface area contributed by atoms with Crippen LogP contribution in [0.2, 0.25) is 0 Å². The van der Waals surface area contributed by atoms with E-state index < -0.39 is 0 Å². The summed E-state index contributed by atoms with van der Waals surface area (Å²) in [5.41, 5.74) is 4.08. The Morgan fingerprint density at radius 2 is 1.69 bits per heavy atom. The number of hydrogen-bond acceptors (Lipinski definition) is 2. The fraction of sp³-hybridized carbons (Fsp3) is 0.500. The van der Waals surface area contributed by atoms with Gasteiger partial charge in [0.25, 0.3) is 0 Å². The molecule has 0 saturated heterocycles. The maximum Gasteiger partial charge on any atom is 0.189 e. The van der Waals surface area contributed by atoms with Gasteiger partial charge in [0, 0.05) is 5.56 Å². The van der Waals surface area contributed by atoms with Crippen molar-refractivity contribution in [2.75, 3.05) is 6.61 Å². The number of hydrogen-bond donors (Lipinski definition) is 0. The van der Waals surface area contributed by atoms with Crippen LogP contribution >= 0.6 is 0 Å². The molecule has 0 aliphatic rings. The van der Waals surface area contributed by atoms with E-state index in [4.69, 9.17) is 4.74 Å². The second-order valence-corrected chi connectivity index (χ2v) is 4.56. The topological polar surface area (TPSA) is 26.3 Å². The Morgan fingerprint density at radius 3 is 2.12 bits per heavy atom. The smallest absolute Gasteiger partial charge is 0.189 e. The predicted molar refractivity (Wildman–Crippen MR) is 66.1 cm³/mol. The van der Waals surface area contributed by atoms with Gasteiger partial charge in [-0.1, -0.05) is 17.7 Å². The van der Waals surface area contributed by atoms with E-state index in [1.807, 2.05) is 46.8 Å². The maximum atomic E-state index is 12.0. The van der Waals surface area contributed by atoms with Crippen molar-refractivity contribution in [3.05, 3.63) is 34.4 Å². The molecule has 0 saturated carbocycles. The molecule has 88 valence electrons. The first-order valence-electron chi connectivity index (χ1n) is 5.64. The molecule has 0 aromatic heterocycles. The molecule has 0 unspecified atom stereocenters. The van der Waals surface area contributed by atoms with Crippen LogP contribution in [0.4, 0.5) is 0 Å². The van der Waals surface area contributed by atoms with Crippen LogP contribution in [0.3, 0.4) is 0 Å². The summed E-state index contributed by atoms with van der Waals surface area (Å²) in [4.78, 5) is 12.0. The van der Waals surface area contributed by atoms with Crippen molar-refractivity contribution >= 4 is 5.78 Å². The Kier molecular flexibility index (Phi) is 4.25. The third-order valence-corrected chi connectivity index (χ3v) is 2.50. The highest BCUT2D eigenvalue weighted by Gasteiger charge is 2.13. The van der Waals surface area contributed by atoms with Gasteiger partial charge >= 0.3 is 0 Å². The van der Waals surface area contributed by atoms with Crippen molar-refractivity contribution in [2.24, 2.45) is 0 Å². The van der Waals surface area contributed by atoms with Crippen LogP contribution in [0, 0.1) is 20.8 Å². The van der Waals surface area contributed by atoms with Crippen molar-refractivity contribution in [3.8, 4) is 0 Å². The van der Waals surface area contributed by atoms with Crippen molar-refractivity contribution < 1.29 is 9.53 Å². The van der Waals surface area contributed by atoms with Crippen LogP contribution in [-0.4, -0.2) is 18.5 Å². The summed E-state index contributed by atoms with van der Waals surface area (Å²) in [5, 5.41) is 0. The number of carbonyl (C=O) groups is 1. The second kappa shape index (κ2) is 5.26. The first kappa shape index (κ1) is 12.9. The average Bonchev–Trinajstić information content (AvgIpc) is 2.12. The lowest BCUT2D eigenvalue weighted by Crippen LogP contribution is -2.15. The molecule has 0 aliphatic heterocycles. The zero-order valence-corrected chi connectivity index (χ0v) is 10.8. The minimum atomic E-state index is 0.0729. The number of carbonyl (C=O) groups excluding carboxylic acids is 1. The van der Waals surface area contributed by atoms with Crippen LogP contribution in [0.15, 0.2) is 12.1 Å². The summed E-state index contributed by atoms with van der Waals surface area (Å²) in [5.74, 6) is 0.0729. The Morgan fingerprint density at radius 1 is 1.19 bits per heavy atom. The molecule has 0 aliphatic carbocycles. The molecule has 0 bridgehead atoms. The van der Waals surface area contributed by atoms with Crippen molar-refractivity contribution in [2.45, 2.75) is 40.7 Å². The molecular weight excluding hydrogens is 200 g/mol. The molecule has 1 aromatic carbocycles. The number of aryl methyl sites for hydroxylation is 3. The Bertz CT molecular complexity index is 369. The molecule has 1 rings (SSSR count). The molecule has 0 amide bonds. The minimum Gasteiger partial charge on any atom is -0.371 e. The summed E-state index contributed by atoms with van der Waals surface area (Å²) in [7, 11) is 0. The molecule has 0 fully saturated rings. The van der Waals surface area contributed by atoms with Gasteiger partial charge in [-0.2, -0.15) is 0 Å². The summed E-state index contributed by atoms with van der Waals surface area (Å²) >= 11 is 0. The molecule has 0 radical (unpaired) electrons. The highest BCUT2D eigenvalue weighted by molar-refractivity contribution is 5.99. The van der Waals surface area contributed by atoms with Gasteiger partial charge in [-0.25, -0.2) is 0 Å². The summed E-state index contributed by atoms with van der Waals surface area (Å²) < 4.78 is 5.35. The normalized spacial score (nSPS) is 10.9. The lowest BCUT2D eigenvalue weighted by atomic mass is 9.97. The molecule has 0 spiro atoms. The van der Waals surface area contributed by atoms with E-state index >= 15 is 0 Å². The Labute approximate surface area is 97.6 Å².